The molecule has 1 fully saturated rings. The van der Waals surface area contributed by atoms with E-state index in [1.165, 1.54) is 6.20 Å². The summed E-state index contributed by atoms with van der Waals surface area (Å²) in [6.07, 6.45) is 6.76. The monoisotopic (exact) mass is 444 g/mol. The number of anilines is 1. The maximum atomic E-state index is 12.9. The Labute approximate surface area is 190 Å². The van der Waals surface area contributed by atoms with Gasteiger partial charge in [0.25, 0.3) is 0 Å². The van der Waals surface area contributed by atoms with Gasteiger partial charge in [-0.1, -0.05) is 18.2 Å². The van der Waals surface area contributed by atoms with E-state index in [0.717, 1.165) is 35.3 Å². The van der Waals surface area contributed by atoms with Gasteiger partial charge in [-0.3, -0.25) is 4.79 Å². The van der Waals surface area contributed by atoms with Crippen LogP contribution in [0.5, 0.6) is 11.8 Å². The van der Waals surface area contributed by atoms with Crippen LogP contribution in [-0.4, -0.2) is 68.7 Å². The number of carbonyl (C=O) groups excluding carboxylic acids is 1. The SMILES string of the molecule is COc1ncc(-c2ccccc2N2CCN(C(=O)Cn3ccc4cc(O)cnc43)CC2)cn1. The third-order valence-corrected chi connectivity index (χ3v) is 5.89. The number of hydrogen-bond acceptors (Lipinski definition) is 7. The Balaban J connectivity index is 1.27. The fourth-order valence-electron chi connectivity index (χ4n) is 4.19. The molecule has 0 spiro atoms. The number of aromatic hydroxyl groups is 1. The zero-order chi connectivity index (χ0) is 22.8. The summed E-state index contributed by atoms with van der Waals surface area (Å²) in [5, 5.41) is 10.4. The number of piperazine rings is 1. The molecule has 9 nitrogen and oxygen atoms in total. The van der Waals surface area contributed by atoms with E-state index in [1.54, 1.807) is 25.6 Å². The Bertz CT molecular complexity index is 1280. The average Bonchev–Trinajstić information content (AvgIpc) is 3.25. The molecule has 1 aliphatic rings. The van der Waals surface area contributed by atoms with Crippen LogP contribution in [0.3, 0.4) is 0 Å². The lowest BCUT2D eigenvalue weighted by Gasteiger charge is -2.37. The van der Waals surface area contributed by atoms with E-state index >= 15 is 0 Å². The number of amides is 1. The molecule has 0 unspecified atom stereocenters. The van der Waals surface area contributed by atoms with E-state index in [1.807, 2.05) is 33.9 Å². The quantitative estimate of drug-likeness (QED) is 0.505. The number of pyridine rings is 1. The molecule has 1 saturated heterocycles. The maximum Gasteiger partial charge on any atom is 0.316 e. The summed E-state index contributed by atoms with van der Waals surface area (Å²) in [7, 11) is 1.55. The van der Waals surface area contributed by atoms with Gasteiger partial charge in [0, 0.05) is 67.0 Å². The molecule has 1 N–H and O–H groups in total. The number of rotatable bonds is 5. The summed E-state index contributed by atoms with van der Waals surface area (Å²) in [5.41, 5.74) is 3.75. The fourth-order valence-corrected chi connectivity index (χ4v) is 4.19. The molecule has 0 bridgehead atoms. The van der Waals surface area contributed by atoms with Gasteiger partial charge in [-0.05, 0) is 18.2 Å². The van der Waals surface area contributed by atoms with Gasteiger partial charge in [0.1, 0.15) is 17.9 Å². The van der Waals surface area contributed by atoms with Crippen LogP contribution in [0.25, 0.3) is 22.2 Å². The van der Waals surface area contributed by atoms with Gasteiger partial charge < -0.3 is 24.2 Å². The molecule has 0 atom stereocenters. The maximum absolute atomic E-state index is 12.9. The van der Waals surface area contributed by atoms with Crippen molar-refractivity contribution in [2.45, 2.75) is 6.54 Å². The number of aromatic nitrogens is 4. The van der Waals surface area contributed by atoms with E-state index in [-0.39, 0.29) is 18.2 Å². The minimum Gasteiger partial charge on any atom is -0.506 e. The van der Waals surface area contributed by atoms with Crippen LogP contribution in [0.2, 0.25) is 0 Å². The fraction of sp³-hybridized carbons (Fsp3) is 0.250. The summed E-state index contributed by atoms with van der Waals surface area (Å²) < 4.78 is 6.89. The van der Waals surface area contributed by atoms with Crippen molar-refractivity contribution in [2.24, 2.45) is 0 Å². The van der Waals surface area contributed by atoms with Crippen LogP contribution in [0.15, 0.2) is 61.2 Å². The molecule has 9 heteroatoms. The largest absolute Gasteiger partial charge is 0.506 e. The van der Waals surface area contributed by atoms with Crippen molar-refractivity contribution >= 4 is 22.6 Å². The molecule has 4 aromatic rings. The van der Waals surface area contributed by atoms with E-state index in [2.05, 4.69) is 32.0 Å². The summed E-state index contributed by atoms with van der Waals surface area (Å²) in [4.78, 5) is 29.8. The van der Waals surface area contributed by atoms with Crippen molar-refractivity contribution in [3.05, 3.63) is 61.2 Å². The van der Waals surface area contributed by atoms with Crippen LogP contribution >= 0.6 is 0 Å². The first-order chi connectivity index (χ1) is 16.1. The Morgan fingerprint density at radius 1 is 1.03 bits per heavy atom. The van der Waals surface area contributed by atoms with E-state index in [9.17, 15) is 9.90 Å². The summed E-state index contributed by atoms with van der Waals surface area (Å²) in [6.45, 7) is 2.97. The first-order valence-electron chi connectivity index (χ1n) is 10.7. The zero-order valence-corrected chi connectivity index (χ0v) is 18.3. The second-order valence-electron chi connectivity index (χ2n) is 7.89. The second-order valence-corrected chi connectivity index (χ2v) is 7.89. The van der Waals surface area contributed by atoms with Crippen molar-refractivity contribution in [2.75, 3.05) is 38.2 Å². The standard InChI is InChI=1S/C24H24N6O3/c1-33-24-26-13-18(14-27-24)20-4-2-3-5-21(20)28-8-10-29(11-9-28)22(32)16-30-7-6-17-12-19(31)15-25-23(17)30/h2-7,12-15,31H,8-11,16H2,1H3. The number of nitrogens with zero attached hydrogens (tertiary/aromatic N) is 6. The lowest BCUT2D eigenvalue weighted by molar-refractivity contribution is -0.132. The Hall–Kier alpha value is -4.14. The molecule has 5 rings (SSSR count). The summed E-state index contributed by atoms with van der Waals surface area (Å²) >= 11 is 0. The lowest BCUT2D eigenvalue weighted by Crippen LogP contribution is -2.49. The smallest absolute Gasteiger partial charge is 0.316 e. The predicted octanol–water partition coefficient (Wildman–Crippen LogP) is 2.56. The highest BCUT2D eigenvalue weighted by atomic mass is 16.5. The molecule has 1 amide bonds. The summed E-state index contributed by atoms with van der Waals surface area (Å²) in [5.74, 6) is 0.169. The van der Waals surface area contributed by atoms with Crippen molar-refractivity contribution in [3.8, 4) is 22.9 Å². The normalized spacial score (nSPS) is 14.0. The zero-order valence-electron chi connectivity index (χ0n) is 18.3. The minimum atomic E-state index is 0.0545. The molecular weight excluding hydrogens is 420 g/mol. The number of carbonyl (C=O) groups is 1. The van der Waals surface area contributed by atoms with Gasteiger partial charge >= 0.3 is 6.01 Å². The highest BCUT2D eigenvalue weighted by Crippen LogP contribution is 2.31. The van der Waals surface area contributed by atoms with Crippen LogP contribution in [0.1, 0.15) is 0 Å². The highest BCUT2D eigenvalue weighted by Gasteiger charge is 2.23. The molecule has 168 valence electrons. The van der Waals surface area contributed by atoms with Gasteiger partial charge in [0.15, 0.2) is 0 Å². The highest BCUT2D eigenvalue weighted by molar-refractivity contribution is 5.82. The molecule has 0 saturated carbocycles. The second kappa shape index (κ2) is 8.78. The minimum absolute atomic E-state index is 0.0545. The molecule has 3 aromatic heterocycles. The number of para-hydroxylation sites is 1. The first kappa shape index (κ1) is 20.7. The predicted molar refractivity (Wildman–Crippen MR) is 124 cm³/mol. The van der Waals surface area contributed by atoms with E-state index in [4.69, 9.17) is 4.74 Å². The van der Waals surface area contributed by atoms with E-state index in [0.29, 0.717) is 24.7 Å². The molecule has 0 aliphatic carbocycles. The van der Waals surface area contributed by atoms with Crippen molar-refractivity contribution in [3.63, 3.8) is 0 Å². The number of benzene rings is 1. The van der Waals surface area contributed by atoms with E-state index < -0.39 is 0 Å². The number of methoxy groups -OCH3 is 1. The van der Waals surface area contributed by atoms with Gasteiger partial charge in [-0.2, -0.15) is 0 Å². The van der Waals surface area contributed by atoms with Crippen LogP contribution in [0, 0.1) is 0 Å². The van der Waals surface area contributed by atoms with Gasteiger partial charge in [-0.15, -0.1) is 0 Å². The first-order valence-corrected chi connectivity index (χ1v) is 10.7. The van der Waals surface area contributed by atoms with Gasteiger partial charge in [-0.25, -0.2) is 15.0 Å². The topological polar surface area (TPSA) is 96.6 Å². The van der Waals surface area contributed by atoms with Gasteiger partial charge in [0.05, 0.1) is 13.3 Å². The average molecular weight is 444 g/mol. The molecule has 33 heavy (non-hydrogen) atoms. The third kappa shape index (κ3) is 4.17. The van der Waals surface area contributed by atoms with Gasteiger partial charge in [0.2, 0.25) is 5.91 Å². The number of ether oxygens (including phenoxy) is 1. The number of hydrogen-bond donors (Lipinski definition) is 1. The van der Waals surface area contributed by atoms with Crippen molar-refractivity contribution in [1.29, 1.82) is 0 Å². The molecule has 0 radical (unpaired) electrons. The Morgan fingerprint density at radius 2 is 1.79 bits per heavy atom. The summed E-state index contributed by atoms with van der Waals surface area (Å²) in [6, 6.07) is 12.0. The third-order valence-electron chi connectivity index (χ3n) is 5.89. The van der Waals surface area contributed by atoms with Crippen molar-refractivity contribution < 1.29 is 14.6 Å². The molecular formula is C24H24N6O3. The molecule has 1 aromatic carbocycles. The van der Waals surface area contributed by atoms with Crippen molar-refractivity contribution in [1.82, 2.24) is 24.4 Å². The number of fused-ring (bicyclic) bond motifs is 1. The molecule has 4 heterocycles. The molecule has 1 aliphatic heterocycles. The van der Waals surface area contributed by atoms with Crippen LogP contribution in [0.4, 0.5) is 5.69 Å². The Morgan fingerprint density at radius 3 is 2.55 bits per heavy atom. The Kier molecular flexibility index (Phi) is 5.52. The van der Waals surface area contributed by atoms with Crippen LogP contribution < -0.4 is 9.64 Å². The lowest BCUT2D eigenvalue weighted by atomic mass is 10.1. The van der Waals surface area contributed by atoms with Crippen LogP contribution in [-0.2, 0) is 11.3 Å².